The summed E-state index contributed by atoms with van der Waals surface area (Å²) in [6.45, 7) is 1.47. The fourth-order valence-corrected chi connectivity index (χ4v) is 3.51. The molecule has 0 saturated heterocycles. The van der Waals surface area contributed by atoms with Crippen molar-refractivity contribution in [2.24, 2.45) is 0 Å². The smallest absolute Gasteiger partial charge is 0.243 e. The van der Waals surface area contributed by atoms with Gasteiger partial charge in [-0.05, 0) is 42.0 Å². The number of carbonyl (C=O) groups excluding carboxylic acids is 2. The molecule has 1 unspecified atom stereocenters. The van der Waals surface area contributed by atoms with Crippen molar-refractivity contribution in [1.82, 2.24) is 4.98 Å². The van der Waals surface area contributed by atoms with Gasteiger partial charge in [0, 0.05) is 23.7 Å². The minimum Gasteiger partial charge on any atom is -0.326 e. The number of hydrogen-bond acceptors (Lipinski definition) is 4. The molecule has 136 valence electrons. The Hall–Kier alpha value is -3.12. The minimum atomic E-state index is -0.431. The number of anilines is 2. The third kappa shape index (κ3) is 5.43. The standard InChI is InChI=1S/C21H19N3O2S/c1-15(25)23-17-10-12-18(13-11-17)27-20(16-7-3-2-4-8-16)21(26)24-19-9-5-6-14-22-19/h2-14,20H,1H3,(H,23,25)(H,22,24,26). The van der Waals surface area contributed by atoms with E-state index in [2.05, 4.69) is 15.6 Å². The average Bonchev–Trinajstić information content (AvgIpc) is 2.68. The van der Waals surface area contributed by atoms with Crippen molar-refractivity contribution in [3.8, 4) is 0 Å². The van der Waals surface area contributed by atoms with Crippen LogP contribution in [-0.4, -0.2) is 16.8 Å². The highest BCUT2D eigenvalue weighted by Gasteiger charge is 2.22. The lowest BCUT2D eigenvalue weighted by atomic mass is 10.1. The monoisotopic (exact) mass is 377 g/mol. The van der Waals surface area contributed by atoms with Gasteiger partial charge in [-0.3, -0.25) is 9.59 Å². The molecule has 0 aliphatic heterocycles. The lowest BCUT2D eigenvalue weighted by Crippen LogP contribution is -2.19. The summed E-state index contributed by atoms with van der Waals surface area (Å²) in [4.78, 5) is 29.1. The Morgan fingerprint density at radius 3 is 2.22 bits per heavy atom. The molecule has 1 heterocycles. The molecule has 3 aromatic rings. The summed E-state index contributed by atoms with van der Waals surface area (Å²) in [5.74, 6) is 0.258. The van der Waals surface area contributed by atoms with Crippen LogP contribution in [-0.2, 0) is 9.59 Å². The van der Waals surface area contributed by atoms with Crippen LogP contribution in [0, 0.1) is 0 Å². The second kappa shape index (κ2) is 9.00. The van der Waals surface area contributed by atoms with Crippen molar-refractivity contribution >= 4 is 35.1 Å². The number of nitrogens with one attached hydrogen (secondary N) is 2. The maximum Gasteiger partial charge on any atom is 0.243 e. The fraction of sp³-hybridized carbons (Fsp3) is 0.0952. The van der Waals surface area contributed by atoms with Gasteiger partial charge >= 0.3 is 0 Å². The molecule has 0 fully saturated rings. The van der Waals surface area contributed by atoms with Crippen molar-refractivity contribution in [2.75, 3.05) is 10.6 Å². The van der Waals surface area contributed by atoms with Crippen molar-refractivity contribution in [1.29, 1.82) is 0 Å². The van der Waals surface area contributed by atoms with Crippen LogP contribution in [0.15, 0.2) is 83.9 Å². The minimum absolute atomic E-state index is 0.118. The molecule has 0 aliphatic carbocycles. The molecular weight excluding hydrogens is 358 g/mol. The van der Waals surface area contributed by atoms with E-state index in [0.717, 1.165) is 16.1 Å². The SMILES string of the molecule is CC(=O)Nc1ccc(SC(C(=O)Nc2ccccn2)c2ccccc2)cc1. The first-order valence-electron chi connectivity index (χ1n) is 8.43. The molecule has 2 N–H and O–H groups in total. The molecule has 0 spiro atoms. The van der Waals surface area contributed by atoms with Gasteiger partial charge in [0.2, 0.25) is 11.8 Å². The van der Waals surface area contributed by atoms with Crippen LogP contribution in [0.2, 0.25) is 0 Å². The molecule has 1 atom stereocenters. The van der Waals surface area contributed by atoms with E-state index in [1.807, 2.05) is 60.7 Å². The Balaban J connectivity index is 1.80. The Bertz CT molecular complexity index is 900. The van der Waals surface area contributed by atoms with Gasteiger partial charge in [-0.25, -0.2) is 4.98 Å². The Morgan fingerprint density at radius 1 is 0.889 bits per heavy atom. The fourth-order valence-electron chi connectivity index (χ4n) is 2.49. The lowest BCUT2D eigenvalue weighted by molar-refractivity contribution is -0.116. The molecule has 2 amide bonds. The highest BCUT2D eigenvalue weighted by atomic mass is 32.2. The maximum atomic E-state index is 12.9. The number of carbonyl (C=O) groups is 2. The second-order valence-electron chi connectivity index (χ2n) is 5.82. The number of pyridine rings is 1. The molecule has 0 radical (unpaired) electrons. The number of hydrogen-bond donors (Lipinski definition) is 2. The lowest BCUT2D eigenvalue weighted by Gasteiger charge is -2.17. The maximum absolute atomic E-state index is 12.9. The topological polar surface area (TPSA) is 71.1 Å². The largest absolute Gasteiger partial charge is 0.326 e. The predicted molar refractivity (Wildman–Crippen MR) is 109 cm³/mol. The molecule has 27 heavy (non-hydrogen) atoms. The van der Waals surface area contributed by atoms with Gasteiger partial charge < -0.3 is 10.6 Å². The number of amides is 2. The van der Waals surface area contributed by atoms with E-state index in [4.69, 9.17) is 0 Å². The van der Waals surface area contributed by atoms with Gasteiger partial charge in [0.05, 0.1) is 0 Å². The van der Waals surface area contributed by atoms with E-state index >= 15 is 0 Å². The van der Waals surface area contributed by atoms with Crippen LogP contribution in [0.25, 0.3) is 0 Å². The summed E-state index contributed by atoms with van der Waals surface area (Å²) < 4.78 is 0. The number of rotatable bonds is 6. The van der Waals surface area contributed by atoms with Crippen LogP contribution in [0.3, 0.4) is 0 Å². The molecule has 2 aromatic carbocycles. The van der Waals surface area contributed by atoms with E-state index < -0.39 is 5.25 Å². The van der Waals surface area contributed by atoms with E-state index in [-0.39, 0.29) is 11.8 Å². The van der Waals surface area contributed by atoms with Crippen LogP contribution >= 0.6 is 11.8 Å². The Labute approximate surface area is 162 Å². The third-order valence-electron chi connectivity index (χ3n) is 3.69. The first-order valence-corrected chi connectivity index (χ1v) is 9.31. The van der Waals surface area contributed by atoms with E-state index in [9.17, 15) is 9.59 Å². The average molecular weight is 377 g/mol. The van der Waals surface area contributed by atoms with Gasteiger partial charge in [0.1, 0.15) is 11.1 Å². The molecule has 6 heteroatoms. The summed E-state index contributed by atoms with van der Waals surface area (Å²) in [5, 5.41) is 5.18. The Kier molecular flexibility index (Phi) is 6.22. The highest BCUT2D eigenvalue weighted by molar-refractivity contribution is 8.00. The number of benzene rings is 2. The zero-order valence-electron chi connectivity index (χ0n) is 14.8. The van der Waals surface area contributed by atoms with Crippen molar-refractivity contribution < 1.29 is 9.59 Å². The zero-order valence-corrected chi connectivity index (χ0v) is 15.6. The van der Waals surface area contributed by atoms with E-state index in [1.54, 1.807) is 18.3 Å². The number of aromatic nitrogens is 1. The van der Waals surface area contributed by atoms with E-state index in [0.29, 0.717) is 5.82 Å². The Morgan fingerprint density at radius 2 is 1.59 bits per heavy atom. The van der Waals surface area contributed by atoms with Gasteiger partial charge in [0.25, 0.3) is 0 Å². The molecule has 0 saturated carbocycles. The molecule has 0 aliphatic rings. The molecule has 3 rings (SSSR count). The van der Waals surface area contributed by atoms with Crippen molar-refractivity contribution in [3.05, 3.63) is 84.6 Å². The first kappa shape index (κ1) is 18.7. The van der Waals surface area contributed by atoms with Gasteiger partial charge in [-0.1, -0.05) is 36.4 Å². The first-order chi connectivity index (χ1) is 13.1. The normalized spacial score (nSPS) is 11.4. The van der Waals surface area contributed by atoms with Crippen LogP contribution < -0.4 is 10.6 Å². The number of nitrogens with zero attached hydrogens (tertiary/aromatic N) is 1. The quantitative estimate of drug-likeness (QED) is 0.620. The van der Waals surface area contributed by atoms with Gasteiger partial charge in [-0.2, -0.15) is 0 Å². The van der Waals surface area contributed by atoms with E-state index in [1.165, 1.54) is 18.7 Å². The highest BCUT2D eigenvalue weighted by Crippen LogP contribution is 2.36. The third-order valence-corrected chi connectivity index (χ3v) is 4.95. The van der Waals surface area contributed by atoms with Crippen LogP contribution in [0.4, 0.5) is 11.5 Å². The van der Waals surface area contributed by atoms with Crippen molar-refractivity contribution in [2.45, 2.75) is 17.1 Å². The molecular formula is C21H19N3O2S. The molecule has 5 nitrogen and oxygen atoms in total. The molecule has 0 bridgehead atoms. The summed E-state index contributed by atoms with van der Waals surface area (Å²) in [6, 6.07) is 22.4. The predicted octanol–water partition coefficient (Wildman–Crippen LogP) is 4.51. The summed E-state index contributed by atoms with van der Waals surface area (Å²) in [7, 11) is 0. The second-order valence-corrected chi connectivity index (χ2v) is 7.00. The van der Waals surface area contributed by atoms with Gasteiger partial charge in [0.15, 0.2) is 0 Å². The number of thioether (sulfide) groups is 1. The molecule has 1 aromatic heterocycles. The summed E-state index contributed by atoms with van der Waals surface area (Å²) in [6.07, 6.45) is 1.64. The van der Waals surface area contributed by atoms with Crippen LogP contribution in [0.5, 0.6) is 0 Å². The summed E-state index contributed by atoms with van der Waals surface area (Å²) in [5.41, 5.74) is 1.63. The van der Waals surface area contributed by atoms with Gasteiger partial charge in [-0.15, -0.1) is 11.8 Å². The summed E-state index contributed by atoms with van der Waals surface area (Å²) >= 11 is 1.44. The zero-order chi connectivity index (χ0) is 19.1. The van der Waals surface area contributed by atoms with Crippen LogP contribution in [0.1, 0.15) is 17.7 Å². The van der Waals surface area contributed by atoms with Crippen molar-refractivity contribution in [3.63, 3.8) is 0 Å².